The van der Waals surface area contributed by atoms with Crippen LogP contribution in [0.1, 0.15) is 57.8 Å². The van der Waals surface area contributed by atoms with E-state index in [9.17, 15) is 5.26 Å². The number of hydrogen-bond acceptors (Lipinski definition) is 2. The van der Waals surface area contributed by atoms with Gasteiger partial charge in [0.15, 0.2) is 0 Å². The summed E-state index contributed by atoms with van der Waals surface area (Å²) in [6.45, 7) is 1.23. The monoisotopic (exact) mass is 234 g/mol. The van der Waals surface area contributed by atoms with Gasteiger partial charge in [-0.1, -0.05) is 32.1 Å². The second kappa shape index (κ2) is 6.40. The smallest absolute Gasteiger partial charge is 0.0672 e. The third-order valence-corrected chi connectivity index (χ3v) is 4.73. The molecule has 17 heavy (non-hydrogen) atoms. The van der Waals surface area contributed by atoms with E-state index in [0.717, 1.165) is 12.3 Å². The van der Waals surface area contributed by atoms with Crippen LogP contribution in [-0.2, 0) is 0 Å². The second-order valence-electron chi connectivity index (χ2n) is 6.03. The zero-order chi connectivity index (χ0) is 12.1. The lowest BCUT2D eigenvalue weighted by molar-refractivity contribution is 0.125. The topological polar surface area (TPSA) is 27.0 Å². The van der Waals surface area contributed by atoms with Crippen molar-refractivity contribution in [1.29, 1.82) is 5.26 Å². The van der Waals surface area contributed by atoms with Crippen molar-refractivity contribution in [3.05, 3.63) is 0 Å². The molecular formula is C15H26N2. The molecule has 2 aliphatic carbocycles. The van der Waals surface area contributed by atoms with Crippen molar-refractivity contribution in [2.24, 2.45) is 11.8 Å². The van der Waals surface area contributed by atoms with Crippen molar-refractivity contribution in [3.63, 3.8) is 0 Å². The van der Waals surface area contributed by atoms with E-state index < -0.39 is 0 Å². The molecule has 0 saturated heterocycles. The van der Waals surface area contributed by atoms with Crippen LogP contribution in [0.3, 0.4) is 0 Å². The van der Waals surface area contributed by atoms with Crippen molar-refractivity contribution >= 4 is 0 Å². The third-order valence-electron chi connectivity index (χ3n) is 4.73. The van der Waals surface area contributed by atoms with Crippen LogP contribution in [0.4, 0.5) is 0 Å². The van der Waals surface area contributed by atoms with Gasteiger partial charge in [0.25, 0.3) is 0 Å². The first-order valence-corrected chi connectivity index (χ1v) is 7.41. The lowest BCUT2D eigenvalue weighted by Crippen LogP contribution is -2.42. The highest BCUT2D eigenvalue weighted by Gasteiger charge is 2.29. The SMILES string of the molecule is CN(CC1CCCCC1)C1CCCCC1C#N. The molecule has 0 aromatic carbocycles. The van der Waals surface area contributed by atoms with Gasteiger partial charge in [0.05, 0.1) is 12.0 Å². The molecular weight excluding hydrogens is 208 g/mol. The molecule has 0 bridgehead atoms. The summed E-state index contributed by atoms with van der Waals surface area (Å²) >= 11 is 0. The second-order valence-corrected chi connectivity index (χ2v) is 6.03. The van der Waals surface area contributed by atoms with Crippen LogP contribution in [-0.4, -0.2) is 24.5 Å². The maximum absolute atomic E-state index is 9.24. The number of nitrogens with zero attached hydrogens (tertiary/aromatic N) is 2. The molecule has 0 heterocycles. The lowest BCUT2D eigenvalue weighted by Gasteiger charge is -2.37. The minimum Gasteiger partial charge on any atom is -0.302 e. The van der Waals surface area contributed by atoms with E-state index in [1.165, 1.54) is 57.9 Å². The van der Waals surface area contributed by atoms with E-state index >= 15 is 0 Å². The van der Waals surface area contributed by atoms with Crippen LogP contribution < -0.4 is 0 Å². The lowest BCUT2D eigenvalue weighted by atomic mass is 9.83. The number of hydrogen-bond donors (Lipinski definition) is 0. The molecule has 0 N–H and O–H groups in total. The maximum Gasteiger partial charge on any atom is 0.0672 e. The third kappa shape index (κ3) is 3.45. The first-order valence-electron chi connectivity index (χ1n) is 7.41. The molecule has 0 aromatic rings. The van der Waals surface area contributed by atoms with Crippen LogP contribution in [0.5, 0.6) is 0 Å². The minimum absolute atomic E-state index is 0.289. The molecule has 0 amide bonds. The molecule has 2 fully saturated rings. The van der Waals surface area contributed by atoms with E-state index in [1.54, 1.807) is 0 Å². The first kappa shape index (κ1) is 12.9. The van der Waals surface area contributed by atoms with Crippen LogP contribution in [0.15, 0.2) is 0 Å². The first-order chi connectivity index (χ1) is 8.31. The van der Waals surface area contributed by atoms with Gasteiger partial charge in [-0.25, -0.2) is 0 Å². The summed E-state index contributed by atoms with van der Waals surface area (Å²) in [7, 11) is 2.24. The summed E-state index contributed by atoms with van der Waals surface area (Å²) in [5.74, 6) is 1.19. The Labute approximate surface area is 106 Å². The molecule has 2 unspecified atom stereocenters. The number of nitriles is 1. The number of rotatable bonds is 3. The Hall–Kier alpha value is -0.550. The average Bonchev–Trinajstić information content (AvgIpc) is 2.40. The van der Waals surface area contributed by atoms with Crippen molar-refractivity contribution in [1.82, 2.24) is 4.90 Å². The van der Waals surface area contributed by atoms with Crippen LogP contribution in [0.2, 0.25) is 0 Å². The molecule has 0 spiro atoms. The van der Waals surface area contributed by atoms with Crippen molar-refractivity contribution < 1.29 is 0 Å². The predicted molar refractivity (Wildman–Crippen MR) is 70.6 cm³/mol. The molecule has 2 rings (SSSR count). The van der Waals surface area contributed by atoms with Gasteiger partial charge < -0.3 is 4.90 Å². The van der Waals surface area contributed by atoms with Crippen molar-refractivity contribution in [2.45, 2.75) is 63.8 Å². The van der Waals surface area contributed by atoms with Gasteiger partial charge in [-0.3, -0.25) is 0 Å². The Morgan fingerprint density at radius 1 is 1.00 bits per heavy atom. The molecule has 0 aromatic heterocycles. The minimum atomic E-state index is 0.289. The van der Waals surface area contributed by atoms with Gasteiger partial charge >= 0.3 is 0 Å². The average molecular weight is 234 g/mol. The molecule has 2 atom stereocenters. The maximum atomic E-state index is 9.24. The van der Waals surface area contributed by atoms with Crippen LogP contribution >= 0.6 is 0 Å². The fourth-order valence-electron chi connectivity index (χ4n) is 3.70. The van der Waals surface area contributed by atoms with Gasteiger partial charge in [0.2, 0.25) is 0 Å². The molecule has 2 aliphatic rings. The van der Waals surface area contributed by atoms with E-state index in [1.807, 2.05) is 0 Å². The van der Waals surface area contributed by atoms with Gasteiger partial charge in [0, 0.05) is 12.6 Å². The molecule has 0 aliphatic heterocycles. The predicted octanol–water partition coefficient (Wildman–Crippen LogP) is 3.58. The summed E-state index contributed by atoms with van der Waals surface area (Å²) in [5.41, 5.74) is 0. The van der Waals surface area contributed by atoms with Gasteiger partial charge in [-0.05, 0) is 38.6 Å². The van der Waals surface area contributed by atoms with Crippen molar-refractivity contribution in [3.8, 4) is 6.07 Å². The summed E-state index contributed by atoms with van der Waals surface area (Å²) in [5, 5.41) is 9.24. The molecule has 2 nitrogen and oxygen atoms in total. The Kier molecular flexibility index (Phi) is 4.86. The Morgan fingerprint density at radius 3 is 2.35 bits per heavy atom. The van der Waals surface area contributed by atoms with Gasteiger partial charge in [-0.2, -0.15) is 5.26 Å². The van der Waals surface area contributed by atoms with Crippen LogP contribution in [0.25, 0.3) is 0 Å². The Balaban J connectivity index is 1.84. The highest BCUT2D eigenvalue weighted by atomic mass is 15.1. The van der Waals surface area contributed by atoms with E-state index in [-0.39, 0.29) is 5.92 Å². The summed E-state index contributed by atoms with van der Waals surface area (Å²) in [4.78, 5) is 2.50. The van der Waals surface area contributed by atoms with E-state index in [0.29, 0.717) is 6.04 Å². The normalized spacial score (nSPS) is 31.4. The summed E-state index contributed by atoms with van der Waals surface area (Å²) in [6, 6.07) is 3.07. The molecule has 2 saturated carbocycles. The van der Waals surface area contributed by atoms with Crippen LogP contribution in [0, 0.1) is 23.2 Å². The van der Waals surface area contributed by atoms with E-state index in [4.69, 9.17) is 0 Å². The summed E-state index contributed by atoms with van der Waals surface area (Å²) < 4.78 is 0. The van der Waals surface area contributed by atoms with E-state index in [2.05, 4.69) is 18.0 Å². The Morgan fingerprint density at radius 2 is 1.65 bits per heavy atom. The standard InChI is InChI=1S/C15H26N2/c1-17(12-13-7-3-2-4-8-13)15-10-6-5-9-14(15)11-16/h13-15H,2-10,12H2,1H3. The fourth-order valence-corrected chi connectivity index (χ4v) is 3.70. The quantitative estimate of drug-likeness (QED) is 0.746. The Bertz CT molecular complexity index is 263. The largest absolute Gasteiger partial charge is 0.302 e. The van der Waals surface area contributed by atoms with Crippen molar-refractivity contribution in [2.75, 3.05) is 13.6 Å². The highest BCUT2D eigenvalue weighted by Crippen LogP contribution is 2.30. The fraction of sp³-hybridized carbons (Fsp3) is 0.933. The highest BCUT2D eigenvalue weighted by molar-refractivity contribution is 4.95. The van der Waals surface area contributed by atoms with Gasteiger partial charge in [0.1, 0.15) is 0 Å². The zero-order valence-corrected chi connectivity index (χ0v) is 11.2. The molecule has 96 valence electrons. The molecule has 0 radical (unpaired) electrons. The summed E-state index contributed by atoms with van der Waals surface area (Å²) in [6.07, 6.45) is 12.0. The van der Waals surface area contributed by atoms with Gasteiger partial charge in [-0.15, -0.1) is 0 Å². The molecule has 2 heteroatoms. The zero-order valence-electron chi connectivity index (χ0n) is 11.2.